The van der Waals surface area contributed by atoms with E-state index in [1.165, 1.54) is 38.2 Å². The van der Waals surface area contributed by atoms with Gasteiger partial charge in [-0.15, -0.1) is 0 Å². The molecule has 0 spiro atoms. The normalized spacial score (nSPS) is 11.2. The summed E-state index contributed by atoms with van der Waals surface area (Å²) in [4.78, 5) is 19.1. The van der Waals surface area contributed by atoms with Gasteiger partial charge in [-0.3, -0.25) is 9.97 Å². The van der Waals surface area contributed by atoms with Gasteiger partial charge in [-0.1, -0.05) is 121 Å². The molecule has 3 aromatic heterocycles. The van der Waals surface area contributed by atoms with E-state index in [1.807, 2.05) is 42.7 Å². The fraction of sp³-hybridized carbons (Fsp3) is 0. The molecule has 0 radical (unpaired) electrons. The zero-order valence-electron chi connectivity index (χ0n) is 27.1. The molecule has 4 heteroatoms. The van der Waals surface area contributed by atoms with E-state index in [1.54, 1.807) is 6.20 Å². The Morgan fingerprint density at radius 2 is 0.820 bits per heavy atom. The molecule has 0 saturated carbocycles. The topological polar surface area (TPSA) is 51.6 Å². The lowest BCUT2D eigenvalue weighted by molar-refractivity contribution is 1.17. The van der Waals surface area contributed by atoms with Gasteiger partial charge in [0.25, 0.3) is 0 Å². The molecule has 0 aliphatic heterocycles. The first-order valence-corrected chi connectivity index (χ1v) is 16.7. The van der Waals surface area contributed by atoms with Crippen molar-refractivity contribution in [1.82, 2.24) is 19.9 Å². The standard InChI is InChI=1S/C46H30N4/c1-2-13-31(14-3-1)44-37-20-4-6-22-39(37)45(40-23-7-5-21-38(40)44)35-18-11-17-34(28-35)43-29-42(49-46(50-43)36-19-12-25-47-30-36)33-16-10-15-32(27-33)41-24-8-9-26-48-41/h1-30H. The van der Waals surface area contributed by atoms with Crippen LogP contribution in [0.15, 0.2) is 182 Å². The summed E-state index contributed by atoms with van der Waals surface area (Å²) in [6.07, 6.45) is 5.40. The monoisotopic (exact) mass is 638 g/mol. The van der Waals surface area contributed by atoms with Gasteiger partial charge in [-0.05, 0) is 86.3 Å². The predicted octanol–water partition coefficient (Wildman–Crippen LogP) is 11.6. The van der Waals surface area contributed by atoms with Crippen LogP contribution in [-0.4, -0.2) is 19.9 Å². The third kappa shape index (κ3) is 5.39. The highest BCUT2D eigenvalue weighted by Crippen LogP contribution is 2.44. The summed E-state index contributed by atoms with van der Waals surface area (Å²) in [5.74, 6) is 0.627. The molecular weight excluding hydrogens is 609 g/mol. The minimum absolute atomic E-state index is 0.627. The van der Waals surface area contributed by atoms with Crippen molar-refractivity contribution in [3.8, 4) is 67.4 Å². The van der Waals surface area contributed by atoms with Crippen LogP contribution in [0.1, 0.15) is 0 Å². The lowest BCUT2D eigenvalue weighted by Gasteiger charge is -2.18. The molecule has 9 aromatic rings. The van der Waals surface area contributed by atoms with Crippen LogP contribution in [0.25, 0.3) is 89.0 Å². The van der Waals surface area contributed by atoms with Gasteiger partial charge in [0.05, 0.1) is 17.1 Å². The third-order valence-electron chi connectivity index (χ3n) is 9.21. The molecule has 6 aromatic carbocycles. The third-order valence-corrected chi connectivity index (χ3v) is 9.21. The summed E-state index contributed by atoms with van der Waals surface area (Å²) in [6.45, 7) is 0. The van der Waals surface area contributed by atoms with Crippen LogP contribution in [0.2, 0.25) is 0 Å². The number of fused-ring (bicyclic) bond motifs is 2. The SMILES string of the molecule is c1ccc(-c2c3ccccc3c(-c3cccc(-c4cc(-c5cccc(-c6ccccn6)c5)nc(-c5cccnc5)n4)c3)c3ccccc23)cc1. The summed E-state index contributed by atoms with van der Waals surface area (Å²) in [6, 6.07) is 57.3. The highest BCUT2D eigenvalue weighted by Gasteiger charge is 2.18. The van der Waals surface area contributed by atoms with Crippen LogP contribution >= 0.6 is 0 Å². The highest BCUT2D eigenvalue weighted by atomic mass is 14.9. The largest absolute Gasteiger partial charge is 0.264 e. The van der Waals surface area contributed by atoms with Gasteiger partial charge in [0, 0.05) is 40.8 Å². The Bertz CT molecular complexity index is 2580. The van der Waals surface area contributed by atoms with Gasteiger partial charge in [-0.25, -0.2) is 9.97 Å². The summed E-state index contributed by atoms with van der Waals surface area (Å²) in [7, 11) is 0. The second-order valence-corrected chi connectivity index (χ2v) is 12.3. The van der Waals surface area contributed by atoms with E-state index in [9.17, 15) is 0 Å². The molecule has 0 unspecified atom stereocenters. The predicted molar refractivity (Wildman–Crippen MR) is 205 cm³/mol. The highest BCUT2D eigenvalue weighted by molar-refractivity contribution is 6.21. The summed E-state index contributed by atoms with van der Waals surface area (Å²) in [5.41, 5.74) is 11.3. The average Bonchev–Trinajstić information content (AvgIpc) is 3.21. The van der Waals surface area contributed by atoms with Crippen molar-refractivity contribution in [1.29, 1.82) is 0 Å². The van der Waals surface area contributed by atoms with E-state index >= 15 is 0 Å². The van der Waals surface area contributed by atoms with E-state index < -0.39 is 0 Å². The summed E-state index contributed by atoms with van der Waals surface area (Å²) in [5, 5.41) is 4.89. The van der Waals surface area contributed by atoms with Gasteiger partial charge < -0.3 is 0 Å². The Balaban J connectivity index is 1.24. The van der Waals surface area contributed by atoms with Crippen LogP contribution in [-0.2, 0) is 0 Å². The first-order valence-electron chi connectivity index (χ1n) is 16.7. The number of hydrogen-bond donors (Lipinski definition) is 0. The second-order valence-electron chi connectivity index (χ2n) is 12.3. The van der Waals surface area contributed by atoms with E-state index in [4.69, 9.17) is 9.97 Å². The molecule has 0 aliphatic carbocycles. The molecular formula is C46H30N4. The number of nitrogens with zero attached hydrogens (tertiary/aromatic N) is 4. The molecule has 0 N–H and O–H groups in total. The molecule has 50 heavy (non-hydrogen) atoms. The Labute approximate surface area is 290 Å². The van der Waals surface area contributed by atoms with Crippen LogP contribution in [0, 0.1) is 0 Å². The number of pyridine rings is 2. The smallest absolute Gasteiger partial charge is 0.161 e. The molecule has 234 valence electrons. The van der Waals surface area contributed by atoms with Crippen LogP contribution < -0.4 is 0 Å². The lowest BCUT2D eigenvalue weighted by atomic mass is 9.85. The van der Waals surface area contributed by atoms with E-state index in [2.05, 4.69) is 143 Å². The minimum atomic E-state index is 0.627. The molecule has 4 nitrogen and oxygen atoms in total. The fourth-order valence-corrected chi connectivity index (χ4v) is 6.93. The van der Waals surface area contributed by atoms with Crippen molar-refractivity contribution in [2.45, 2.75) is 0 Å². The van der Waals surface area contributed by atoms with Gasteiger partial charge in [-0.2, -0.15) is 0 Å². The maximum absolute atomic E-state index is 5.13. The second kappa shape index (κ2) is 12.7. The molecule has 0 atom stereocenters. The van der Waals surface area contributed by atoms with Gasteiger partial charge in [0.2, 0.25) is 0 Å². The number of hydrogen-bond acceptors (Lipinski definition) is 4. The van der Waals surface area contributed by atoms with E-state index in [0.29, 0.717) is 5.82 Å². The number of rotatable bonds is 6. The summed E-state index contributed by atoms with van der Waals surface area (Å²) < 4.78 is 0. The average molecular weight is 639 g/mol. The Morgan fingerprint density at radius 3 is 1.40 bits per heavy atom. The van der Waals surface area contributed by atoms with Crippen molar-refractivity contribution in [2.75, 3.05) is 0 Å². The zero-order chi connectivity index (χ0) is 33.3. The molecule has 0 amide bonds. The Morgan fingerprint density at radius 1 is 0.320 bits per heavy atom. The molecule has 9 rings (SSSR count). The van der Waals surface area contributed by atoms with Gasteiger partial charge in [0.1, 0.15) is 0 Å². The van der Waals surface area contributed by atoms with Crippen molar-refractivity contribution >= 4 is 21.5 Å². The van der Waals surface area contributed by atoms with Crippen LogP contribution in [0.3, 0.4) is 0 Å². The van der Waals surface area contributed by atoms with Crippen LogP contribution in [0.5, 0.6) is 0 Å². The lowest BCUT2D eigenvalue weighted by Crippen LogP contribution is -1.97. The quantitative estimate of drug-likeness (QED) is 0.170. The Hall–Kier alpha value is -6.78. The molecule has 0 fully saturated rings. The summed E-state index contributed by atoms with van der Waals surface area (Å²) >= 11 is 0. The molecule has 0 bridgehead atoms. The van der Waals surface area contributed by atoms with Crippen LogP contribution in [0.4, 0.5) is 0 Å². The zero-order valence-corrected chi connectivity index (χ0v) is 27.1. The maximum Gasteiger partial charge on any atom is 0.161 e. The first-order chi connectivity index (χ1) is 24.8. The molecule has 3 heterocycles. The molecule has 0 aliphatic rings. The van der Waals surface area contributed by atoms with Crippen molar-refractivity contribution < 1.29 is 0 Å². The van der Waals surface area contributed by atoms with Gasteiger partial charge in [0.15, 0.2) is 5.82 Å². The number of benzene rings is 6. The van der Waals surface area contributed by atoms with Gasteiger partial charge >= 0.3 is 0 Å². The van der Waals surface area contributed by atoms with E-state index in [0.717, 1.165) is 44.9 Å². The molecule has 0 saturated heterocycles. The van der Waals surface area contributed by atoms with Crippen molar-refractivity contribution in [2.24, 2.45) is 0 Å². The first kappa shape index (κ1) is 29.4. The Kier molecular flexibility index (Phi) is 7.45. The van der Waals surface area contributed by atoms with Crippen molar-refractivity contribution in [3.63, 3.8) is 0 Å². The maximum atomic E-state index is 5.13. The fourth-order valence-electron chi connectivity index (χ4n) is 6.93. The van der Waals surface area contributed by atoms with E-state index in [-0.39, 0.29) is 0 Å². The minimum Gasteiger partial charge on any atom is -0.264 e. The number of aromatic nitrogens is 4. The van der Waals surface area contributed by atoms with Crippen molar-refractivity contribution in [3.05, 3.63) is 182 Å².